The van der Waals surface area contributed by atoms with Crippen molar-refractivity contribution in [1.82, 2.24) is 24.9 Å². The monoisotopic (exact) mass is 437 g/mol. The third-order valence-electron chi connectivity index (χ3n) is 5.78. The fourth-order valence-corrected chi connectivity index (χ4v) is 5.80. The van der Waals surface area contributed by atoms with Crippen LogP contribution >= 0.6 is 0 Å². The first-order valence-corrected chi connectivity index (χ1v) is 11.9. The van der Waals surface area contributed by atoms with Crippen LogP contribution in [-0.4, -0.2) is 52.2 Å². The maximum absolute atomic E-state index is 12.4. The van der Waals surface area contributed by atoms with Crippen LogP contribution < -0.4 is 9.21 Å². The van der Waals surface area contributed by atoms with Crippen LogP contribution in [0.1, 0.15) is 36.3 Å². The van der Waals surface area contributed by atoms with E-state index in [4.69, 9.17) is 9.97 Å². The standard InChI is InChI=1S/C21H23N7O2S/c1-14-11-16(28-8-4-10-31(28,29)30)12-19(25-14)27-9-5-18-17(15(27)2)13-24-21(26-18)20-22-6-3-7-23-20/h3,6-7,11-13,15H,4-5,8-10H2,1-2H3. The fraction of sp³-hybridized carbons (Fsp3) is 0.381. The zero-order valence-corrected chi connectivity index (χ0v) is 18.2. The molecule has 0 aliphatic carbocycles. The van der Waals surface area contributed by atoms with Crippen molar-refractivity contribution in [3.63, 3.8) is 0 Å². The predicted molar refractivity (Wildman–Crippen MR) is 117 cm³/mol. The minimum Gasteiger partial charge on any atom is -0.349 e. The summed E-state index contributed by atoms with van der Waals surface area (Å²) in [6, 6.07) is 5.49. The number of sulfonamides is 1. The van der Waals surface area contributed by atoms with Gasteiger partial charge in [-0.2, -0.15) is 0 Å². The first-order valence-electron chi connectivity index (χ1n) is 10.3. The van der Waals surface area contributed by atoms with Gasteiger partial charge >= 0.3 is 0 Å². The molecule has 2 aliphatic rings. The third-order valence-corrected chi connectivity index (χ3v) is 7.65. The van der Waals surface area contributed by atoms with Gasteiger partial charge in [-0.05, 0) is 32.4 Å². The molecule has 5 rings (SSSR count). The molecular weight excluding hydrogens is 414 g/mol. The highest BCUT2D eigenvalue weighted by Crippen LogP contribution is 2.35. The van der Waals surface area contributed by atoms with Crippen molar-refractivity contribution in [3.05, 3.63) is 53.7 Å². The van der Waals surface area contributed by atoms with Crippen LogP contribution in [0.3, 0.4) is 0 Å². The van der Waals surface area contributed by atoms with Crippen molar-refractivity contribution in [2.75, 3.05) is 28.0 Å². The van der Waals surface area contributed by atoms with Crippen molar-refractivity contribution in [3.8, 4) is 11.6 Å². The molecule has 0 spiro atoms. The number of nitrogens with zero attached hydrogens (tertiary/aromatic N) is 7. The maximum atomic E-state index is 12.4. The van der Waals surface area contributed by atoms with Gasteiger partial charge < -0.3 is 4.90 Å². The summed E-state index contributed by atoms with van der Waals surface area (Å²) in [7, 11) is -3.24. The van der Waals surface area contributed by atoms with Crippen LogP contribution in [-0.2, 0) is 16.4 Å². The van der Waals surface area contributed by atoms with E-state index in [0.717, 1.165) is 35.7 Å². The lowest BCUT2D eigenvalue weighted by molar-refractivity contribution is 0.598. The molecule has 0 radical (unpaired) electrons. The molecule has 10 heteroatoms. The van der Waals surface area contributed by atoms with Gasteiger partial charge in [-0.25, -0.2) is 33.3 Å². The molecule has 1 atom stereocenters. The van der Waals surface area contributed by atoms with Crippen LogP contribution in [0, 0.1) is 6.92 Å². The summed E-state index contributed by atoms with van der Waals surface area (Å²) in [5, 5.41) is 0. The van der Waals surface area contributed by atoms with E-state index in [1.54, 1.807) is 18.5 Å². The average Bonchev–Trinajstić information content (AvgIpc) is 3.13. The van der Waals surface area contributed by atoms with E-state index in [0.29, 0.717) is 30.3 Å². The second-order valence-electron chi connectivity index (χ2n) is 7.85. The normalized spacial score (nSPS) is 20.0. The summed E-state index contributed by atoms with van der Waals surface area (Å²) < 4.78 is 26.3. The molecule has 2 aliphatic heterocycles. The van der Waals surface area contributed by atoms with Crippen molar-refractivity contribution in [1.29, 1.82) is 0 Å². The fourth-order valence-electron chi connectivity index (χ4n) is 4.25. The van der Waals surface area contributed by atoms with Crippen molar-refractivity contribution < 1.29 is 8.42 Å². The third kappa shape index (κ3) is 3.60. The highest BCUT2D eigenvalue weighted by molar-refractivity contribution is 7.93. The van der Waals surface area contributed by atoms with E-state index in [1.165, 1.54) is 4.31 Å². The van der Waals surface area contributed by atoms with E-state index in [-0.39, 0.29) is 11.8 Å². The van der Waals surface area contributed by atoms with E-state index in [9.17, 15) is 8.42 Å². The number of hydrogen-bond donors (Lipinski definition) is 0. The summed E-state index contributed by atoms with van der Waals surface area (Å²) in [5.41, 5.74) is 3.49. The predicted octanol–water partition coefficient (Wildman–Crippen LogP) is 2.30. The van der Waals surface area contributed by atoms with Gasteiger partial charge in [-0.15, -0.1) is 0 Å². The van der Waals surface area contributed by atoms with Crippen LogP contribution in [0.2, 0.25) is 0 Å². The zero-order chi connectivity index (χ0) is 21.6. The average molecular weight is 438 g/mol. The Hall–Kier alpha value is -3.14. The molecule has 31 heavy (non-hydrogen) atoms. The maximum Gasteiger partial charge on any atom is 0.235 e. The number of hydrogen-bond acceptors (Lipinski definition) is 8. The quantitative estimate of drug-likeness (QED) is 0.615. The Morgan fingerprint density at radius 2 is 1.84 bits per heavy atom. The van der Waals surface area contributed by atoms with Gasteiger partial charge in [0, 0.05) is 55.4 Å². The smallest absolute Gasteiger partial charge is 0.235 e. The first kappa shape index (κ1) is 19.8. The van der Waals surface area contributed by atoms with Crippen LogP contribution in [0.4, 0.5) is 11.5 Å². The van der Waals surface area contributed by atoms with Gasteiger partial charge in [0.25, 0.3) is 0 Å². The Morgan fingerprint density at radius 1 is 1.03 bits per heavy atom. The molecular formula is C21H23N7O2S. The van der Waals surface area contributed by atoms with Crippen LogP contribution in [0.25, 0.3) is 11.6 Å². The largest absolute Gasteiger partial charge is 0.349 e. The molecule has 1 unspecified atom stereocenters. The zero-order valence-electron chi connectivity index (χ0n) is 17.4. The first-order chi connectivity index (χ1) is 14.9. The molecule has 9 nitrogen and oxygen atoms in total. The number of rotatable bonds is 3. The lowest BCUT2D eigenvalue weighted by Crippen LogP contribution is -2.35. The molecule has 0 aromatic carbocycles. The number of anilines is 2. The van der Waals surface area contributed by atoms with Gasteiger partial charge in [-0.1, -0.05) is 0 Å². The van der Waals surface area contributed by atoms with E-state index in [1.807, 2.05) is 25.3 Å². The van der Waals surface area contributed by atoms with E-state index >= 15 is 0 Å². The second kappa shape index (κ2) is 7.52. The summed E-state index contributed by atoms with van der Waals surface area (Å²) >= 11 is 0. The molecule has 3 aromatic rings. The van der Waals surface area contributed by atoms with Crippen LogP contribution in [0.15, 0.2) is 36.8 Å². The Bertz CT molecular complexity index is 1230. The van der Waals surface area contributed by atoms with Crippen molar-refractivity contribution >= 4 is 21.5 Å². The highest BCUT2D eigenvalue weighted by Gasteiger charge is 2.31. The number of aromatic nitrogens is 5. The van der Waals surface area contributed by atoms with Crippen LogP contribution in [0.5, 0.6) is 0 Å². The topological polar surface area (TPSA) is 105 Å². The summed E-state index contributed by atoms with van der Waals surface area (Å²) in [4.78, 5) is 24.6. The lowest BCUT2D eigenvalue weighted by Gasteiger charge is -2.36. The van der Waals surface area contributed by atoms with Gasteiger partial charge in [0.15, 0.2) is 11.6 Å². The Balaban J connectivity index is 1.47. The van der Waals surface area contributed by atoms with Crippen molar-refractivity contribution in [2.45, 2.75) is 32.7 Å². The summed E-state index contributed by atoms with van der Waals surface area (Å²) in [6.07, 6.45) is 6.58. The Kier molecular flexibility index (Phi) is 4.81. The minimum absolute atomic E-state index is 0.00632. The van der Waals surface area contributed by atoms with Gasteiger partial charge in [0.05, 0.1) is 23.2 Å². The Morgan fingerprint density at radius 3 is 2.58 bits per heavy atom. The number of fused-ring (bicyclic) bond motifs is 1. The molecule has 0 bridgehead atoms. The van der Waals surface area contributed by atoms with Gasteiger partial charge in [0.1, 0.15) is 5.82 Å². The van der Waals surface area contributed by atoms with Crippen molar-refractivity contribution in [2.24, 2.45) is 0 Å². The van der Waals surface area contributed by atoms with E-state index in [2.05, 4.69) is 26.8 Å². The molecule has 5 heterocycles. The molecule has 160 valence electrons. The lowest BCUT2D eigenvalue weighted by atomic mass is 9.99. The van der Waals surface area contributed by atoms with Gasteiger partial charge in [0.2, 0.25) is 10.0 Å². The highest BCUT2D eigenvalue weighted by atomic mass is 32.2. The summed E-state index contributed by atoms with van der Waals surface area (Å²) in [6.45, 7) is 5.23. The molecule has 3 aromatic heterocycles. The molecule has 0 saturated carbocycles. The number of pyridine rings is 1. The SMILES string of the molecule is Cc1cc(N2CCCS2(=O)=O)cc(N2CCc3nc(-c4ncccn4)ncc3C2C)n1. The molecule has 1 saturated heterocycles. The molecule has 1 fully saturated rings. The molecule has 0 N–H and O–H groups in total. The van der Waals surface area contributed by atoms with Gasteiger partial charge in [-0.3, -0.25) is 4.31 Å². The molecule has 0 amide bonds. The summed E-state index contributed by atoms with van der Waals surface area (Å²) in [5.74, 6) is 2.00. The Labute approximate surface area is 181 Å². The second-order valence-corrected chi connectivity index (χ2v) is 9.87. The number of aryl methyl sites for hydroxylation is 1. The van der Waals surface area contributed by atoms with E-state index < -0.39 is 10.0 Å². The minimum atomic E-state index is -3.24.